The summed E-state index contributed by atoms with van der Waals surface area (Å²) in [4.78, 5) is 16.9. The van der Waals surface area contributed by atoms with Gasteiger partial charge in [0.25, 0.3) is 15.9 Å². The normalized spacial score (nSPS) is 12.3. The Morgan fingerprint density at radius 1 is 1.03 bits per heavy atom. The lowest BCUT2D eigenvalue weighted by Gasteiger charge is -2.08. The molecule has 0 bridgehead atoms. The van der Waals surface area contributed by atoms with E-state index in [1.807, 2.05) is 0 Å². The molecule has 0 radical (unpaired) electrons. The Morgan fingerprint density at radius 2 is 1.71 bits per heavy atom. The summed E-state index contributed by atoms with van der Waals surface area (Å²) in [6.07, 6.45) is 0. The summed E-state index contributed by atoms with van der Waals surface area (Å²) in [5.41, 5.74) is 0.447. The van der Waals surface area contributed by atoms with E-state index < -0.39 is 33.4 Å². The molecule has 0 atom stereocenters. The van der Waals surface area contributed by atoms with Gasteiger partial charge in [-0.25, -0.2) is 21.6 Å². The Balaban J connectivity index is 1.62. The minimum absolute atomic E-state index is 0.116. The number of hydrogen-bond acceptors (Lipinski definition) is 5. The second kappa shape index (κ2) is 10.0. The number of carbonyl (C=O) groups excluding carboxylic acids is 1. The number of amides is 1. The van der Waals surface area contributed by atoms with Gasteiger partial charge in [-0.1, -0.05) is 11.3 Å². The maximum absolute atomic E-state index is 14.4. The van der Waals surface area contributed by atoms with Crippen molar-refractivity contribution in [2.75, 3.05) is 18.4 Å². The minimum Gasteiger partial charge on any atom is -0.383 e. The quantitative estimate of drug-likeness (QED) is 0.393. The van der Waals surface area contributed by atoms with Gasteiger partial charge in [-0.05, 0) is 54.6 Å². The summed E-state index contributed by atoms with van der Waals surface area (Å²) >= 11 is 0.957. The summed E-state index contributed by atoms with van der Waals surface area (Å²) in [5.74, 6) is -2.74. The van der Waals surface area contributed by atoms with E-state index >= 15 is 0 Å². The van der Waals surface area contributed by atoms with Crippen LogP contribution in [0.15, 0.2) is 70.6 Å². The molecule has 0 aliphatic rings. The van der Waals surface area contributed by atoms with Crippen LogP contribution in [0.25, 0.3) is 10.2 Å². The highest BCUT2D eigenvalue weighted by Crippen LogP contribution is 2.23. The number of halogens is 3. The molecule has 182 valence electrons. The molecule has 0 spiro atoms. The van der Waals surface area contributed by atoms with Crippen LogP contribution in [0.2, 0.25) is 0 Å². The number of nitrogens with zero attached hydrogens (tertiary/aromatic N) is 2. The average molecular weight is 522 g/mol. The van der Waals surface area contributed by atoms with Crippen LogP contribution in [0.5, 0.6) is 0 Å². The third-order valence-electron chi connectivity index (χ3n) is 4.92. The molecule has 0 unspecified atom stereocenters. The van der Waals surface area contributed by atoms with Crippen LogP contribution in [-0.2, 0) is 21.3 Å². The Hall–Kier alpha value is -3.48. The molecule has 7 nitrogen and oxygen atoms in total. The van der Waals surface area contributed by atoms with Crippen molar-refractivity contribution < 1.29 is 31.1 Å². The van der Waals surface area contributed by atoms with Crippen LogP contribution in [0.1, 0.15) is 10.4 Å². The van der Waals surface area contributed by atoms with Crippen LogP contribution in [0.4, 0.5) is 18.9 Å². The zero-order valence-corrected chi connectivity index (χ0v) is 19.8. The Morgan fingerprint density at radius 3 is 2.37 bits per heavy atom. The van der Waals surface area contributed by atoms with Crippen molar-refractivity contribution in [1.29, 1.82) is 0 Å². The Kier molecular flexibility index (Phi) is 7.05. The van der Waals surface area contributed by atoms with E-state index in [0.717, 1.165) is 47.7 Å². The van der Waals surface area contributed by atoms with Crippen LogP contribution in [0.3, 0.4) is 0 Å². The Bertz CT molecular complexity index is 1560. The average Bonchev–Trinajstić information content (AvgIpc) is 3.14. The molecule has 3 aromatic carbocycles. The van der Waals surface area contributed by atoms with Crippen LogP contribution in [-0.4, -0.2) is 32.6 Å². The van der Waals surface area contributed by atoms with Gasteiger partial charge < -0.3 is 9.30 Å². The lowest BCUT2D eigenvalue weighted by atomic mass is 10.2. The number of carbonyl (C=O) groups is 1. The fraction of sp³-hybridized carbons (Fsp3) is 0.130. The van der Waals surface area contributed by atoms with Crippen molar-refractivity contribution in [1.82, 2.24) is 4.57 Å². The molecule has 4 rings (SSSR count). The first-order chi connectivity index (χ1) is 16.7. The van der Waals surface area contributed by atoms with Gasteiger partial charge in [0.15, 0.2) is 10.6 Å². The number of fused-ring (bicyclic) bond motifs is 1. The summed E-state index contributed by atoms with van der Waals surface area (Å²) in [6.45, 7) is 0.405. The number of rotatable bonds is 7. The van der Waals surface area contributed by atoms with Crippen LogP contribution < -0.4 is 9.52 Å². The minimum atomic E-state index is -3.95. The number of sulfonamides is 1. The van der Waals surface area contributed by atoms with Gasteiger partial charge in [-0.3, -0.25) is 9.52 Å². The van der Waals surface area contributed by atoms with Gasteiger partial charge >= 0.3 is 0 Å². The van der Waals surface area contributed by atoms with E-state index in [0.29, 0.717) is 0 Å². The summed E-state index contributed by atoms with van der Waals surface area (Å²) < 4.78 is 75.2. The number of nitrogens with one attached hydrogen (secondary N) is 1. The molecule has 12 heteroatoms. The van der Waals surface area contributed by atoms with Crippen molar-refractivity contribution in [2.45, 2.75) is 11.4 Å². The zero-order valence-electron chi connectivity index (χ0n) is 18.2. The molecule has 0 aliphatic carbocycles. The predicted octanol–water partition coefficient (Wildman–Crippen LogP) is 4.31. The first-order valence-corrected chi connectivity index (χ1v) is 12.4. The number of thiazole rings is 1. The van der Waals surface area contributed by atoms with E-state index in [2.05, 4.69) is 9.71 Å². The number of methoxy groups -OCH3 is 1. The van der Waals surface area contributed by atoms with E-state index in [9.17, 15) is 26.4 Å². The van der Waals surface area contributed by atoms with Crippen molar-refractivity contribution in [2.24, 2.45) is 4.99 Å². The topological polar surface area (TPSA) is 89.8 Å². The smallest absolute Gasteiger partial charge is 0.279 e. The third kappa shape index (κ3) is 5.45. The number of benzene rings is 3. The lowest BCUT2D eigenvalue weighted by molar-refractivity contribution is 0.0997. The first kappa shape index (κ1) is 24.6. The van der Waals surface area contributed by atoms with Crippen LogP contribution >= 0.6 is 11.3 Å². The first-order valence-electron chi connectivity index (χ1n) is 10.1. The number of aromatic nitrogens is 1. The number of anilines is 1. The molecule has 35 heavy (non-hydrogen) atoms. The SMILES string of the molecule is COCCn1c(=NC(=O)c2ccc(NS(=O)(=O)c3ccc(F)cc3)cc2)sc2cc(F)cc(F)c21. The standard InChI is InChI=1S/C23H18F3N3O4S2/c1-33-11-10-29-21-19(26)12-16(25)13-20(21)34-23(29)27-22(30)14-2-6-17(7-3-14)28-35(31,32)18-8-4-15(24)5-9-18/h2-9,12-13,28H,10-11H2,1H3. The van der Waals surface area contributed by atoms with E-state index in [1.165, 1.54) is 35.9 Å². The molecule has 1 heterocycles. The van der Waals surface area contributed by atoms with Crippen molar-refractivity contribution in [3.63, 3.8) is 0 Å². The van der Waals surface area contributed by atoms with Gasteiger partial charge in [0.05, 0.1) is 21.7 Å². The fourth-order valence-electron chi connectivity index (χ4n) is 3.26. The van der Waals surface area contributed by atoms with E-state index in [4.69, 9.17) is 4.74 Å². The molecule has 0 saturated heterocycles. The monoisotopic (exact) mass is 521 g/mol. The molecular formula is C23H18F3N3O4S2. The molecule has 1 aromatic heterocycles. The summed E-state index contributed by atoms with van der Waals surface area (Å²) in [7, 11) is -2.48. The highest BCUT2D eigenvalue weighted by atomic mass is 32.2. The summed E-state index contributed by atoms with van der Waals surface area (Å²) in [5, 5.41) is 0. The van der Waals surface area contributed by atoms with Gasteiger partial charge in [-0.2, -0.15) is 4.99 Å². The third-order valence-corrected chi connectivity index (χ3v) is 7.34. The molecule has 0 saturated carbocycles. The van der Waals surface area contributed by atoms with Gasteiger partial charge in [-0.15, -0.1) is 0 Å². The van der Waals surface area contributed by atoms with Gasteiger partial charge in [0, 0.05) is 31.0 Å². The van der Waals surface area contributed by atoms with Crippen LogP contribution in [0, 0.1) is 17.5 Å². The molecular weight excluding hydrogens is 503 g/mol. The molecule has 0 aliphatic heterocycles. The van der Waals surface area contributed by atoms with Crippen molar-refractivity contribution in [3.8, 4) is 0 Å². The Labute approximate surface area is 202 Å². The fourth-order valence-corrected chi connectivity index (χ4v) is 5.42. The molecule has 4 aromatic rings. The largest absolute Gasteiger partial charge is 0.383 e. The predicted molar refractivity (Wildman–Crippen MR) is 125 cm³/mol. The summed E-state index contributed by atoms with van der Waals surface area (Å²) in [6, 6.07) is 11.8. The van der Waals surface area contributed by atoms with Gasteiger partial charge in [0.2, 0.25) is 0 Å². The number of ether oxygens (including phenoxy) is 1. The zero-order chi connectivity index (χ0) is 25.2. The molecule has 1 N–H and O–H groups in total. The maximum Gasteiger partial charge on any atom is 0.279 e. The van der Waals surface area contributed by atoms with Crippen molar-refractivity contribution >= 4 is 43.2 Å². The molecule has 0 fully saturated rings. The van der Waals surface area contributed by atoms with Gasteiger partial charge in [0.1, 0.15) is 11.6 Å². The highest BCUT2D eigenvalue weighted by molar-refractivity contribution is 7.92. The van der Waals surface area contributed by atoms with E-state index in [-0.39, 0.29) is 44.3 Å². The second-order valence-corrected chi connectivity index (χ2v) is 10.0. The highest BCUT2D eigenvalue weighted by Gasteiger charge is 2.16. The number of hydrogen-bond donors (Lipinski definition) is 1. The van der Waals surface area contributed by atoms with Crippen molar-refractivity contribution in [3.05, 3.63) is 88.5 Å². The second-order valence-electron chi connectivity index (χ2n) is 7.32. The molecule has 1 amide bonds. The lowest BCUT2D eigenvalue weighted by Crippen LogP contribution is -2.20. The van der Waals surface area contributed by atoms with E-state index in [1.54, 1.807) is 0 Å². The maximum atomic E-state index is 14.4.